The molecular formula is C13H19FN2. The van der Waals surface area contributed by atoms with Gasteiger partial charge in [0.2, 0.25) is 0 Å². The van der Waals surface area contributed by atoms with Crippen molar-refractivity contribution in [3.05, 3.63) is 29.8 Å². The van der Waals surface area contributed by atoms with E-state index >= 15 is 0 Å². The fourth-order valence-electron chi connectivity index (χ4n) is 2.21. The van der Waals surface area contributed by atoms with Crippen LogP contribution < -0.4 is 11.1 Å². The number of benzene rings is 1. The molecule has 3 heteroatoms. The van der Waals surface area contributed by atoms with Crippen LogP contribution in [0.25, 0.3) is 0 Å². The van der Waals surface area contributed by atoms with E-state index < -0.39 is 5.67 Å². The van der Waals surface area contributed by atoms with Gasteiger partial charge in [-0.1, -0.05) is 17.7 Å². The summed E-state index contributed by atoms with van der Waals surface area (Å²) in [4.78, 5) is 0. The van der Waals surface area contributed by atoms with Crippen LogP contribution in [-0.2, 0) is 0 Å². The third-order valence-corrected chi connectivity index (χ3v) is 3.25. The summed E-state index contributed by atoms with van der Waals surface area (Å²) in [5, 5.41) is 3.14. The van der Waals surface area contributed by atoms with Crippen LogP contribution in [-0.4, -0.2) is 18.3 Å². The zero-order valence-electron chi connectivity index (χ0n) is 9.67. The van der Waals surface area contributed by atoms with E-state index in [4.69, 9.17) is 5.73 Å². The van der Waals surface area contributed by atoms with Crippen molar-refractivity contribution in [1.82, 2.24) is 0 Å². The lowest BCUT2D eigenvalue weighted by molar-refractivity contribution is 0.187. The van der Waals surface area contributed by atoms with Crippen LogP contribution in [0.15, 0.2) is 24.3 Å². The normalized spacial score (nSPS) is 29.3. The van der Waals surface area contributed by atoms with E-state index in [1.165, 1.54) is 5.56 Å². The molecular weight excluding hydrogens is 203 g/mol. The Bertz CT molecular complexity index is 349. The highest BCUT2D eigenvalue weighted by atomic mass is 19.1. The van der Waals surface area contributed by atoms with E-state index in [1.807, 2.05) is 31.2 Å². The van der Waals surface area contributed by atoms with Crippen molar-refractivity contribution in [2.24, 2.45) is 5.73 Å². The van der Waals surface area contributed by atoms with Gasteiger partial charge in [-0.2, -0.15) is 0 Å². The molecule has 1 fully saturated rings. The maximum absolute atomic E-state index is 14.2. The first-order valence-corrected chi connectivity index (χ1v) is 5.82. The molecule has 1 aromatic rings. The average Bonchev–Trinajstić information content (AvgIpc) is 2.59. The number of nitrogens with one attached hydrogen (secondary N) is 1. The molecule has 16 heavy (non-hydrogen) atoms. The standard InChI is InChI=1S/C13H19FN2/c1-10-2-4-12(5-3-10)16-9-13(14)7-6-11(15)8-13/h2-5,11,16H,6-9,15H2,1H3. The van der Waals surface area contributed by atoms with Crippen molar-refractivity contribution in [2.75, 3.05) is 11.9 Å². The molecule has 1 aliphatic carbocycles. The number of anilines is 1. The summed E-state index contributed by atoms with van der Waals surface area (Å²) in [6, 6.07) is 8.03. The number of halogens is 1. The molecule has 2 rings (SSSR count). The monoisotopic (exact) mass is 222 g/mol. The SMILES string of the molecule is Cc1ccc(NCC2(F)CCC(N)C2)cc1. The first-order chi connectivity index (χ1) is 7.57. The molecule has 2 unspecified atom stereocenters. The maximum Gasteiger partial charge on any atom is 0.129 e. The molecule has 0 amide bonds. The topological polar surface area (TPSA) is 38.0 Å². The molecule has 0 aromatic heterocycles. The van der Waals surface area contributed by atoms with Gasteiger partial charge in [0.25, 0.3) is 0 Å². The van der Waals surface area contributed by atoms with Gasteiger partial charge in [0.05, 0.1) is 0 Å². The lowest BCUT2D eigenvalue weighted by atomic mass is 10.0. The van der Waals surface area contributed by atoms with Crippen LogP contribution >= 0.6 is 0 Å². The Morgan fingerprint density at radius 2 is 2.12 bits per heavy atom. The van der Waals surface area contributed by atoms with Gasteiger partial charge in [-0.3, -0.25) is 0 Å². The predicted molar refractivity (Wildman–Crippen MR) is 65.3 cm³/mol. The van der Waals surface area contributed by atoms with E-state index in [0.29, 0.717) is 19.4 Å². The van der Waals surface area contributed by atoms with Gasteiger partial charge in [0.1, 0.15) is 5.67 Å². The van der Waals surface area contributed by atoms with Crippen LogP contribution in [0.5, 0.6) is 0 Å². The smallest absolute Gasteiger partial charge is 0.129 e. The predicted octanol–water partition coefficient (Wildman–Crippen LogP) is 2.63. The summed E-state index contributed by atoms with van der Waals surface area (Å²) in [6.45, 7) is 2.40. The number of alkyl halides is 1. The molecule has 0 saturated heterocycles. The van der Waals surface area contributed by atoms with Gasteiger partial charge in [-0.25, -0.2) is 4.39 Å². The van der Waals surface area contributed by atoms with Gasteiger partial charge >= 0.3 is 0 Å². The molecule has 0 heterocycles. The van der Waals surface area contributed by atoms with Gasteiger partial charge in [0, 0.05) is 18.3 Å². The molecule has 1 aromatic carbocycles. The van der Waals surface area contributed by atoms with E-state index in [2.05, 4.69) is 5.32 Å². The minimum absolute atomic E-state index is 0.0322. The van der Waals surface area contributed by atoms with Crippen LogP contribution in [0.3, 0.4) is 0 Å². The molecule has 1 saturated carbocycles. The molecule has 2 nitrogen and oxygen atoms in total. The zero-order valence-corrected chi connectivity index (χ0v) is 9.67. The summed E-state index contributed by atoms with van der Waals surface area (Å²) in [7, 11) is 0. The number of aryl methyl sites for hydroxylation is 1. The molecule has 3 N–H and O–H groups in total. The lowest BCUT2D eigenvalue weighted by Gasteiger charge is -2.20. The third-order valence-electron chi connectivity index (χ3n) is 3.25. The number of hydrogen-bond donors (Lipinski definition) is 2. The minimum Gasteiger partial charge on any atom is -0.382 e. The highest BCUT2D eigenvalue weighted by Crippen LogP contribution is 2.32. The number of hydrogen-bond acceptors (Lipinski definition) is 2. The van der Waals surface area contributed by atoms with Gasteiger partial charge in [-0.05, 0) is 38.3 Å². The first-order valence-electron chi connectivity index (χ1n) is 5.82. The van der Waals surface area contributed by atoms with E-state index in [1.54, 1.807) is 0 Å². The van der Waals surface area contributed by atoms with Crippen LogP contribution in [0.1, 0.15) is 24.8 Å². The first kappa shape index (κ1) is 11.4. The zero-order chi connectivity index (χ0) is 11.6. The molecule has 1 aliphatic rings. The fourth-order valence-corrected chi connectivity index (χ4v) is 2.21. The van der Waals surface area contributed by atoms with Crippen molar-refractivity contribution < 1.29 is 4.39 Å². The summed E-state index contributed by atoms with van der Waals surface area (Å²) < 4.78 is 14.2. The Labute approximate surface area is 96.0 Å². The maximum atomic E-state index is 14.2. The average molecular weight is 222 g/mol. The summed E-state index contributed by atoms with van der Waals surface area (Å²) in [5.41, 5.74) is 6.80. The Balaban J connectivity index is 1.90. The van der Waals surface area contributed by atoms with Crippen molar-refractivity contribution in [3.8, 4) is 0 Å². The summed E-state index contributed by atoms with van der Waals surface area (Å²) in [5.74, 6) is 0. The van der Waals surface area contributed by atoms with Crippen molar-refractivity contribution in [3.63, 3.8) is 0 Å². The molecule has 0 radical (unpaired) electrons. The Morgan fingerprint density at radius 1 is 1.44 bits per heavy atom. The van der Waals surface area contributed by atoms with Crippen LogP contribution in [0.4, 0.5) is 10.1 Å². The quantitative estimate of drug-likeness (QED) is 0.825. The van der Waals surface area contributed by atoms with Gasteiger partial charge in [0.15, 0.2) is 0 Å². The second kappa shape index (κ2) is 4.42. The minimum atomic E-state index is -1.12. The molecule has 0 bridgehead atoms. The van der Waals surface area contributed by atoms with Crippen molar-refractivity contribution in [1.29, 1.82) is 0 Å². The van der Waals surface area contributed by atoms with E-state index in [0.717, 1.165) is 12.1 Å². The Morgan fingerprint density at radius 3 is 2.69 bits per heavy atom. The van der Waals surface area contributed by atoms with Gasteiger partial charge < -0.3 is 11.1 Å². The second-order valence-electron chi connectivity index (χ2n) is 4.87. The highest BCUT2D eigenvalue weighted by Gasteiger charge is 2.37. The molecule has 0 aliphatic heterocycles. The highest BCUT2D eigenvalue weighted by molar-refractivity contribution is 5.44. The summed E-state index contributed by atoms with van der Waals surface area (Å²) in [6.07, 6.45) is 1.85. The van der Waals surface area contributed by atoms with E-state index in [9.17, 15) is 4.39 Å². The summed E-state index contributed by atoms with van der Waals surface area (Å²) >= 11 is 0. The van der Waals surface area contributed by atoms with Crippen molar-refractivity contribution in [2.45, 2.75) is 37.9 Å². The largest absolute Gasteiger partial charge is 0.382 e. The third kappa shape index (κ3) is 2.73. The van der Waals surface area contributed by atoms with Gasteiger partial charge in [-0.15, -0.1) is 0 Å². The lowest BCUT2D eigenvalue weighted by Crippen LogP contribution is -2.31. The van der Waals surface area contributed by atoms with E-state index in [-0.39, 0.29) is 6.04 Å². The number of nitrogens with two attached hydrogens (primary N) is 1. The molecule has 2 atom stereocenters. The molecule has 88 valence electrons. The number of rotatable bonds is 3. The van der Waals surface area contributed by atoms with Crippen molar-refractivity contribution >= 4 is 5.69 Å². The second-order valence-corrected chi connectivity index (χ2v) is 4.87. The Hall–Kier alpha value is -1.09. The molecule has 0 spiro atoms. The van der Waals surface area contributed by atoms with Crippen LogP contribution in [0, 0.1) is 6.92 Å². The fraction of sp³-hybridized carbons (Fsp3) is 0.538. The Kier molecular flexibility index (Phi) is 3.15. The van der Waals surface area contributed by atoms with Crippen LogP contribution in [0.2, 0.25) is 0 Å².